The first-order chi connectivity index (χ1) is 17.8. The summed E-state index contributed by atoms with van der Waals surface area (Å²) in [7, 11) is 2.92. The van der Waals surface area contributed by atoms with Gasteiger partial charge in [0.25, 0.3) is 5.91 Å². The first kappa shape index (κ1) is 26.3. The summed E-state index contributed by atoms with van der Waals surface area (Å²) in [5.41, 5.74) is 3.52. The molecule has 0 aliphatic carbocycles. The molecule has 1 N–H and O–H groups in total. The predicted octanol–water partition coefficient (Wildman–Crippen LogP) is 5.75. The Balaban J connectivity index is 1.58. The van der Waals surface area contributed by atoms with Crippen molar-refractivity contribution in [2.45, 2.75) is 19.1 Å². The zero-order chi connectivity index (χ0) is 26.5. The molecule has 1 aliphatic rings. The minimum absolute atomic E-state index is 0.128. The maximum absolute atomic E-state index is 13.2. The molecule has 0 spiro atoms. The van der Waals surface area contributed by atoms with E-state index in [0.717, 1.165) is 5.56 Å². The van der Waals surface area contributed by atoms with E-state index in [4.69, 9.17) is 32.7 Å². The third kappa shape index (κ3) is 6.13. The summed E-state index contributed by atoms with van der Waals surface area (Å²) in [5.74, 6) is -1.26. The van der Waals surface area contributed by atoms with Crippen LogP contribution in [0.1, 0.15) is 27.9 Å². The van der Waals surface area contributed by atoms with E-state index in [0.29, 0.717) is 38.1 Å². The van der Waals surface area contributed by atoms with Crippen LogP contribution in [0.2, 0.25) is 10.0 Å². The monoisotopic (exact) mass is 538 g/mol. The standard InChI is InChI=1S/C28H24Cl2N2O5/c1-32(21-10-8-18(9-11-21)27(34)36-2)25(33)13-19-12-24(28(35)37-16-17-6-4-3-5-7-17)31-23-15-20(29)14-22(30)26(19)23/h3-11,13-15,24,31H,12,16H2,1-2H3. The Hall–Kier alpha value is -3.81. The maximum Gasteiger partial charge on any atom is 0.337 e. The van der Waals surface area contributed by atoms with Gasteiger partial charge >= 0.3 is 11.9 Å². The molecule has 0 fully saturated rings. The third-order valence-corrected chi connectivity index (χ3v) is 6.46. The lowest BCUT2D eigenvalue weighted by atomic mass is 9.91. The average Bonchev–Trinajstić information content (AvgIpc) is 2.90. The van der Waals surface area contributed by atoms with Crippen LogP contribution in [0, 0.1) is 0 Å². The number of hydrogen-bond donors (Lipinski definition) is 1. The van der Waals surface area contributed by atoms with Gasteiger partial charge in [-0.25, -0.2) is 9.59 Å². The second-order valence-corrected chi connectivity index (χ2v) is 9.25. The number of nitrogens with zero attached hydrogens (tertiary/aromatic N) is 1. The van der Waals surface area contributed by atoms with Crippen LogP contribution in [-0.4, -0.2) is 38.0 Å². The number of benzene rings is 3. The number of likely N-dealkylation sites (N-methyl/N-ethyl adjacent to an activating group) is 1. The van der Waals surface area contributed by atoms with Gasteiger partial charge < -0.3 is 19.7 Å². The summed E-state index contributed by atoms with van der Waals surface area (Å²) >= 11 is 12.7. The smallest absolute Gasteiger partial charge is 0.337 e. The van der Waals surface area contributed by atoms with E-state index in [-0.39, 0.29) is 18.9 Å². The number of halogens is 2. The van der Waals surface area contributed by atoms with E-state index in [1.807, 2.05) is 30.3 Å². The normalized spacial score (nSPS) is 15.4. The molecular formula is C28H24Cl2N2O5. The molecule has 190 valence electrons. The lowest BCUT2D eigenvalue weighted by molar-refractivity contribution is -0.145. The van der Waals surface area contributed by atoms with Crippen LogP contribution >= 0.6 is 23.2 Å². The number of carbonyl (C=O) groups excluding carboxylic acids is 3. The van der Waals surface area contributed by atoms with Gasteiger partial charge in [0.15, 0.2) is 0 Å². The largest absolute Gasteiger partial charge is 0.465 e. The quantitative estimate of drug-likeness (QED) is 0.317. The van der Waals surface area contributed by atoms with Crippen molar-refractivity contribution in [2.24, 2.45) is 0 Å². The molecule has 1 atom stereocenters. The fourth-order valence-electron chi connectivity index (χ4n) is 3.99. The summed E-state index contributed by atoms with van der Waals surface area (Å²) in [6, 6.07) is 18.3. The topological polar surface area (TPSA) is 84.9 Å². The summed E-state index contributed by atoms with van der Waals surface area (Å²) in [6.45, 7) is 0.128. The van der Waals surface area contributed by atoms with Crippen LogP contribution in [0.25, 0.3) is 5.57 Å². The number of methoxy groups -OCH3 is 1. The number of amides is 1. The number of hydrogen-bond acceptors (Lipinski definition) is 6. The van der Waals surface area contributed by atoms with Gasteiger partial charge in [-0.1, -0.05) is 53.5 Å². The van der Waals surface area contributed by atoms with Gasteiger partial charge in [0.1, 0.15) is 12.6 Å². The highest BCUT2D eigenvalue weighted by Gasteiger charge is 2.31. The first-order valence-corrected chi connectivity index (χ1v) is 12.2. The number of carbonyl (C=O) groups is 3. The molecule has 0 radical (unpaired) electrons. The van der Waals surface area contributed by atoms with Crippen molar-refractivity contribution in [2.75, 3.05) is 24.4 Å². The summed E-state index contributed by atoms with van der Waals surface area (Å²) in [4.78, 5) is 39.3. The highest BCUT2D eigenvalue weighted by atomic mass is 35.5. The Kier molecular flexibility index (Phi) is 8.16. The molecule has 0 saturated heterocycles. The Morgan fingerprint density at radius 1 is 1.05 bits per heavy atom. The Morgan fingerprint density at radius 2 is 1.76 bits per heavy atom. The number of fused-ring (bicyclic) bond motifs is 1. The Labute approximate surface area is 224 Å². The van der Waals surface area contributed by atoms with E-state index in [9.17, 15) is 14.4 Å². The molecule has 0 saturated carbocycles. The predicted molar refractivity (Wildman–Crippen MR) is 144 cm³/mol. The second-order valence-electron chi connectivity index (χ2n) is 8.41. The summed E-state index contributed by atoms with van der Waals surface area (Å²) < 4.78 is 10.2. The Morgan fingerprint density at radius 3 is 2.43 bits per heavy atom. The summed E-state index contributed by atoms with van der Waals surface area (Å²) in [5, 5.41) is 3.90. The van der Waals surface area contributed by atoms with Crippen molar-refractivity contribution in [3.63, 3.8) is 0 Å². The lowest BCUT2D eigenvalue weighted by Crippen LogP contribution is -2.35. The molecule has 7 nitrogen and oxygen atoms in total. The van der Waals surface area contributed by atoms with Crippen molar-refractivity contribution < 1.29 is 23.9 Å². The molecule has 3 aromatic carbocycles. The molecule has 1 heterocycles. The number of nitrogens with one attached hydrogen (secondary N) is 1. The van der Waals surface area contributed by atoms with Crippen molar-refractivity contribution >= 4 is 58.0 Å². The highest BCUT2D eigenvalue weighted by Crippen LogP contribution is 2.41. The number of ether oxygens (including phenoxy) is 2. The number of anilines is 2. The van der Waals surface area contributed by atoms with E-state index in [1.54, 1.807) is 43.4 Å². The van der Waals surface area contributed by atoms with Crippen LogP contribution in [0.4, 0.5) is 11.4 Å². The van der Waals surface area contributed by atoms with E-state index in [2.05, 4.69) is 5.32 Å². The molecule has 0 aromatic heterocycles. The molecule has 9 heteroatoms. The zero-order valence-electron chi connectivity index (χ0n) is 20.2. The number of esters is 2. The van der Waals surface area contributed by atoms with Crippen molar-refractivity contribution in [1.82, 2.24) is 0 Å². The average molecular weight is 539 g/mol. The van der Waals surface area contributed by atoms with Gasteiger partial charge in [0.05, 0.1) is 17.7 Å². The van der Waals surface area contributed by atoms with Gasteiger partial charge in [-0.3, -0.25) is 4.79 Å². The highest BCUT2D eigenvalue weighted by molar-refractivity contribution is 6.36. The molecule has 1 amide bonds. The van der Waals surface area contributed by atoms with Gasteiger partial charge in [0, 0.05) is 41.5 Å². The van der Waals surface area contributed by atoms with Crippen LogP contribution in [0.3, 0.4) is 0 Å². The lowest BCUT2D eigenvalue weighted by Gasteiger charge is -2.29. The molecule has 0 bridgehead atoms. The van der Waals surface area contributed by atoms with Crippen LogP contribution in [-0.2, 0) is 25.7 Å². The molecular weight excluding hydrogens is 515 g/mol. The SMILES string of the molecule is COC(=O)c1ccc(N(C)C(=O)C=C2CC(C(=O)OCc3ccccc3)Nc3cc(Cl)cc(Cl)c32)cc1. The van der Waals surface area contributed by atoms with Crippen LogP contribution in [0.5, 0.6) is 0 Å². The minimum atomic E-state index is -0.741. The minimum Gasteiger partial charge on any atom is -0.465 e. The molecule has 3 aromatic rings. The van der Waals surface area contributed by atoms with Gasteiger partial charge in [0.2, 0.25) is 0 Å². The van der Waals surface area contributed by atoms with E-state index in [1.165, 1.54) is 18.1 Å². The number of rotatable bonds is 6. The van der Waals surface area contributed by atoms with Crippen LogP contribution < -0.4 is 10.2 Å². The fraction of sp³-hybridized carbons (Fsp3) is 0.179. The van der Waals surface area contributed by atoms with E-state index >= 15 is 0 Å². The second kappa shape index (κ2) is 11.5. The van der Waals surface area contributed by atoms with Crippen molar-refractivity contribution in [1.29, 1.82) is 0 Å². The molecule has 1 unspecified atom stereocenters. The fourth-order valence-corrected chi connectivity index (χ4v) is 4.60. The van der Waals surface area contributed by atoms with Crippen molar-refractivity contribution in [3.8, 4) is 0 Å². The Bertz CT molecular complexity index is 1360. The summed E-state index contributed by atoms with van der Waals surface area (Å²) in [6.07, 6.45) is 1.63. The van der Waals surface area contributed by atoms with Gasteiger partial charge in [-0.2, -0.15) is 0 Å². The molecule has 4 rings (SSSR count). The van der Waals surface area contributed by atoms with Gasteiger partial charge in [-0.05, 0) is 47.5 Å². The van der Waals surface area contributed by atoms with E-state index < -0.39 is 18.0 Å². The van der Waals surface area contributed by atoms with Gasteiger partial charge in [-0.15, -0.1) is 0 Å². The maximum atomic E-state index is 13.2. The third-order valence-electron chi connectivity index (χ3n) is 5.94. The van der Waals surface area contributed by atoms with Crippen LogP contribution in [0.15, 0.2) is 72.8 Å². The molecule has 37 heavy (non-hydrogen) atoms. The molecule has 1 aliphatic heterocycles. The zero-order valence-corrected chi connectivity index (χ0v) is 21.7. The van der Waals surface area contributed by atoms with Crippen molar-refractivity contribution in [3.05, 3.63) is 99.5 Å². The first-order valence-electron chi connectivity index (χ1n) is 11.4.